The molecule has 0 spiro atoms. The Morgan fingerprint density at radius 1 is 1.24 bits per heavy atom. The predicted molar refractivity (Wildman–Crippen MR) is 70.3 cm³/mol. The Bertz CT molecular complexity index is 397. The Labute approximate surface area is 109 Å². The zero-order valence-corrected chi connectivity index (χ0v) is 12.0. The van der Waals surface area contributed by atoms with Crippen LogP contribution in [0.1, 0.15) is 59.2 Å². The van der Waals surface area contributed by atoms with E-state index < -0.39 is 0 Å². The van der Waals surface area contributed by atoms with Gasteiger partial charge in [0.15, 0.2) is 0 Å². The molecule has 17 heavy (non-hydrogen) atoms. The average Bonchev–Trinajstić information content (AvgIpc) is 2.75. The molecule has 0 atom stereocenters. The van der Waals surface area contributed by atoms with E-state index in [0.717, 1.165) is 12.4 Å². The molecule has 0 N–H and O–H groups in total. The molecule has 1 aliphatic carbocycles. The van der Waals surface area contributed by atoms with Crippen LogP contribution in [0.2, 0.25) is 5.28 Å². The van der Waals surface area contributed by atoms with E-state index in [4.69, 9.17) is 11.6 Å². The Morgan fingerprint density at radius 3 is 2.35 bits per heavy atom. The molecule has 4 heteroatoms. The van der Waals surface area contributed by atoms with Crippen LogP contribution in [0.15, 0.2) is 0 Å². The highest BCUT2D eigenvalue weighted by molar-refractivity contribution is 6.28. The van der Waals surface area contributed by atoms with Crippen molar-refractivity contribution in [2.24, 2.45) is 5.41 Å². The molecule has 0 saturated heterocycles. The molecule has 1 fully saturated rings. The maximum Gasteiger partial charge on any atom is 0.225 e. The van der Waals surface area contributed by atoms with Crippen molar-refractivity contribution in [2.75, 3.05) is 0 Å². The van der Waals surface area contributed by atoms with Crippen molar-refractivity contribution >= 4 is 11.6 Å². The highest BCUT2D eigenvalue weighted by Gasteiger charge is 2.32. The quantitative estimate of drug-likeness (QED) is 0.805. The van der Waals surface area contributed by atoms with E-state index in [-0.39, 0.29) is 5.41 Å². The first-order chi connectivity index (χ1) is 7.82. The lowest BCUT2D eigenvalue weighted by Gasteiger charge is -2.27. The largest absolute Gasteiger partial charge is 0.301 e. The molecule has 1 heterocycles. The van der Waals surface area contributed by atoms with Gasteiger partial charge in [0.25, 0.3) is 0 Å². The van der Waals surface area contributed by atoms with E-state index in [9.17, 15) is 0 Å². The summed E-state index contributed by atoms with van der Waals surface area (Å²) in [6.45, 7) is 9.76. The summed E-state index contributed by atoms with van der Waals surface area (Å²) in [7, 11) is 0. The second-order valence-electron chi connectivity index (χ2n) is 6.65. The molecular formula is C13H22ClN3. The first kappa shape index (κ1) is 12.9. The van der Waals surface area contributed by atoms with Crippen molar-refractivity contribution in [3.63, 3.8) is 0 Å². The first-order valence-corrected chi connectivity index (χ1v) is 6.79. The van der Waals surface area contributed by atoms with Gasteiger partial charge < -0.3 is 4.57 Å². The fourth-order valence-corrected chi connectivity index (χ4v) is 2.92. The van der Waals surface area contributed by atoms with Gasteiger partial charge in [-0.2, -0.15) is 0 Å². The fraction of sp³-hybridized carbons (Fsp3) is 0.846. The molecule has 0 radical (unpaired) electrons. The summed E-state index contributed by atoms with van der Waals surface area (Å²) in [5, 5.41) is 8.81. The molecule has 96 valence electrons. The number of hydrogen-bond acceptors (Lipinski definition) is 2. The molecule has 0 unspecified atom stereocenters. The SMILES string of the molecule is CC1(Cn2c(Cl)nnc2C(C)(C)C)CCCC1. The van der Waals surface area contributed by atoms with Crippen LogP contribution < -0.4 is 0 Å². The molecule has 1 aromatic heterocycles. The van der Waals surface area contributed by atoms with Gasteiger partial charge in [0.2, 0.25) is 5.28 Å². The summed E-state index contributed by atoms with van der Waals surface area (Å²) in [4.78, 5) is 0. The van der Waals surface area contributed by atoms with Gasteiger partial charge in [-0.15, -0.1) is 10.2 Å². The van der Waals surface area contributed by atoms with Gasteiger partial charge in [-0.05, 0) is 29.9 Å². The van der Waals surface area contributed by atoms with E-state index in [2.05, 4.69) is 42.5 Å². The summed E-state index contributed by atoms with van der Waals surface area (Å²) < 4.78 is 2.10. The topological polar surface area (TPSA) is 30.7 Å². The van der Waals surface area contributed by atoms with Crippen molar-refractivity contribution in [3.05, 3.63) is 11.1 Å². The normalized spacial score (nSPS) is 19.8. The van der Waals surface area contributed by atoms with Crippen LogP contribution in [0.3, 0.4) is 0 Å². The van der Waals surface area contributed by atoms with Crippen LogP contribution in [-0.2, 0) is 12.0 Å². The molecule has 1 aliphatic rings. The third-order valence-electron chi connectivity index (χ3n) is 3.73. The average molecular weight is 256 g/mol. The van der Waals surface area contributed by atoms with Crippen molar-refractivity contribution < 1.29 is 0 Å². The maximum atomic E-state index is 6.18. The van der Waals surface area contributed by atoms with E-state index in [1.807, 2.05) is 0 Å². The Hall–Kier alpha value is -0.570. The molecule has 0 aliphatic heterocycles. The number of rotatable bonds is 2. The van der Waals surface area contributed by atoms with E-state index in [1.165, 1.54) is 25.7 Å². The Balaban J connectivity index is 2.29. The van der Waals surface area contributed by atoms with E-state index in [1.54, 1.807) is 0 Å². The fourth-order valence-electron chi connectivity index (χ4n) is 2.75. The van der Waals surface area contributed by atoms with Crippen molar-refractivity contribution in [1.29, 1.82) is 0 Å². The summed E-state index contributed by atoms with van der Waals surface area (Å²) in [6.07, 6.45) is 5.23. The first-order valence-electron chi connectivity index (χ1n) is 6.41. The molecule has 0 bridgehead atoms. The van der Waals surface area contributed by atoms with Crippen molar-refractivity contribution in [3.8, 4) is 0 Å². The zero-order valence-electron chi connectivity index (χ0n) is 11.3. The Kier molecular flexibility index (Phi) is 3.23. The molecule has 1 aromatic rings. The maximum absolute atomic E-state index is 6.18. The van der Waals surface area contributed by atoms with Gasteiger partial charge in [0, 0.05) is 12.0 Å². The van der Waals surface area contributed by atoms with Crippen LogP contribution in [0.4, 0.5) is 0 Å². The van der Waals surface area contributed by atoms with E-state index in [0.29, 0.717) is 10.7 Å². The second-order valence-corrected chi connectivity index (χ2v) is 6.98. The highest BCUT2D eigenvalue weighted by atomic mass is 35.5. The van der Waals surface area contributed by atoms with Crippen LogP contribution in [-0.4, -0.2) is 14.8 Å². The van der Waals surface area contributed by atoms with Gasteiger partial charge in [0.05, 0.1) is 0 Å². The molecule has 2 rings (SSSR count). The molecule has 0 amide bonds. The third-order valence-corrected chi connectivity index (χ3v) is 4.01. The number of hydrogen-bond donors (Lipinski definition) is 0. The van der Waals surface area contributed by atoms with Crippen LogP contribution >= 0.6 is 11.6 Å². The van der Waals surface area contributed by atoms with Gasteiger partial charge in [-0.25, -0.2) is 0 Å². The van der Waals surface area contributed by atoms with Gasteiger partial charge in [0.1, 0.15) is 5.82 Å². The number of aromatic nitrogens is 3. The summed E-state index contributed by atoms with van der Waals surface area (Å²) >= 11 is 6.18. The smallest absolute Gasteiger partial charge is 0.225 e. The zero-order chi connectivity index (χ0) is 12.7. The second kappa shape index (κ2) is 4.27. The molecule has 3 nitrogen and oxygen atoms in total. The van der Waals surface area contributed by atoms with Crippen LogP contribution in [0.25, 0.3) is 0 Å². The predicted octanol–water partition coefficient (Wildman–Crippen LogP) is 3.81. The lowest BCUT2D eigenvalue weighted by atomic mass is 9.88. The van der Waals surface area contributed by atoms with Gasteiger partial charge in [-0.3, -0.25) is 0 Å². The number of nitrogens with zero attached hydrogens (tertiary/aromatic N) is 3. The molecule has 0 aromatic carbocycles. The number of halogens is 1. The Morgan fingerprint density at radius 2 is 1.82 bits per heavy atom. The molecule has 1 saturated carbocycles. The highest BCUT2D eigenvalue weighted by Crippen LogP contribution is 2.40. The van der Waals surface area contributed by atoms with Gasteiger partial charge in [-0.1, -0.05) is 40.5 Å². The summed E-state index contributed by atoms with van der Waals surface area (Å²) in [5.74, 6) is 0.996. The lowest BCUT2D eigenvalue weighted by molar-refractivity contribution is 0.271. The van der Waals surface area contributed by atoms with Crippen LogP contribution in [0.5, 0.6) is 0 Å². The monoisotopic (exact) mass is 255 g/mol. The minimum absolute atomic E-state index is 0.00486. The third kappa shape index (κ3) is 2.65. The minimum atomic E-state index is -0.00486. The van der Waals surface area contributed by atoms with Crippen LogP contribution in [0, 0.1) is 5.41 Å². The van der Waals surface area contributed by atoms with E-state index >= 15 is 0 Å². The van der Waals surface area contributed by atoms with Crippen molar-refractivity contribution in [2.45, 2.75) is 65.3 Å². The standard InChI is InChI=1S/C13H22ClN3/c1-12(2,3)10-15-16-11(14)17(10)9-13(4)7-5-6-8-13/h5-9H2,1-4H3. The summed E-state index contributed by atoms with van der Waals surface area (Å²) in [5.41, 5.74) is 0.362. The van der Waals surface area contributed by atoms with Gasteiger partial charge >= 0.3 is 0 Å². The van der Waals surface area contributed by atoms with Crippen molar-refractivity contribution in [1.82, 2.24) is 14.8 Å². The minimum Gasteiger partial charge on any atom is -0.301 e. The molecular weight excluding hydrogens is 234 g/mol. The lowest BCUT2D eigenvalue weighted by Crippen LogP contribution is -2.26. The summed E-state index contributed by atoms with van der Waals surface area (Å²) in [6, 6.07) is 0.